The second kappa shape index (κ2) is 3.84. The molecule has 1 aromatic carbocycles. The summed E-state index contributed by atoms with van der Waals surface area (Å²) in [7, 11) is 2.11. The predicted octanol–water partition coefficient (Wildman–Crippen LogP) is 1.56. The van der Waals surface area contributed by atoms with Crippen LogP contribution in [-0.4, -0.2) is 13.1 Å². The third-order valence-electron chi connectivity index (χ3n) is 2.64. The molecule has 2 rings (SSSR count). The van der Waals surface area contributed by atoms with Crippen molar-refractivity contribution in [3.63, 3.8) is 0 Å². The van der Waals surface area contributed by atoms with Crippen molar-refractivity contribution in [3.05, 3.63) is 36.1 Å². The summed E-state index contributed by atoms with van der Waals surface area (Å²) in [4.78, 5) is 0. The molecule has 1 heterocycles. The molecule has 0 fully saturated rings. The Kier molecular flexibility index (Phi) is 2.55. The number of likely N-dealkylation sites (N-methyl/N-ethyl adjacent to an activating group) is 1. The molecule has 74 valence electrons. The first kappa shape index (κ1) is 9.28. The van der Waals surface area contributed by atoms with Crippen LogP contribution in [0, 0.1) is 0 Å². The fraction of sp³-hybridized carbons (Fsp3) is 0.333. The maximum absolute atomic E-state index is 5.30. The van der Waals surface area contributed by atoms with E-state index in [2.05, 4.69) is 31.4 Å². The minimum atomic E-state index is 0.638. The molecule has 14 heavy (non-hydrogen) atoms. The van der Waals surface area contributed by atoms with Crippen molar-refractivity contribution in [2.24, 2.45) is 0 Å². The van der Waals surface area contributed by atoms with Gasteiger partial charge in [0.1, 0.15) is 5.58 Å². The maximum atomic E-state index is 5.30. The van der Waals surface area contributed by atoms with Crippen molar-refractivity contribution in [1.82, 2.24) is 0 Å². The standard InChI is InChI=1S/C12H15NO/c1-9(13-2)7-10-3-4-12-11(8-10)5-6-14-12/h3-6,8-9,13H,7H2,1-2H3/p+1. The van der Waals surface area contributed by atoms with Crippen LogP contribution in [0.5, 0.6) is 0 Å². The van der Waals surface area contributed by atoms with Crippen molar-refractivity contribution < 1.29 is 9.73 Å². The van der Waals surface area contributed by atoms with Crippen LogP contribution in [0.1, 0.15) is 12.5 Å². The Hall–Kier alpha value is -1.28. The molecular formula is C12H16NO+. The molecule has 0 spiro atoms. The molecule has 0 aliphatic heterocycles. The Bertz CT molecular complexity index is 419. The van der Waals surface area contributed by atoms with Crippen LogP contribution in [0.4, 0.5) is 0 Å². The zero-order valence-corrected chi connectivity index (χ0v) is 8.66. The van der Waals surface area contributed by atoms with Crippen LogP contribution in [0.15, 0.2) is 34.9 Å². The normalized spacial score (nSPS) is 13.3. The van der Waals surface area contributed by atoms with E-state index in [0.29, 0.717) is 6.04 Å². The van der Waals surface area contributed by atoms with E-state index in [1.165, 1.54) is 10.9 Å². The lowest BCUT2D eigenvalue weighted by Crippen LogP contribution is -2.85. The van der Waals surface area contributed by atoms with Crippen molar-refractivity contribution in [2.75, 3.05) is 7.05 Å². The number of rotatable bonds is 3. The lowest BCUT2D eigenvalue weighted by atomic mass is 10.1. The summed E-state index contributed by atoms with van der Waals surface area (Å²) in [5, 5.41) is 3.44. The Morgan fingerprint density at radius 2 is 2.21 bits per heavy atom. The molecule has 1 atom stereocenters. The van der Waals surface area contributed by atoms with Crippen LogP contribution >= 0.6 is 0 Å². The average molecular weight is 190 g/mol. The highest BCUT2D eigenvalue weighted by molar-refractivity contribution is 5.77. The molecule has 1 unspecified atom stereocenters. The molecule has 0 aliphatic carbocycles. The van der Waals surface area contributed by atoms with Gasteiger partial charge in [0, 0.05) is 11.8 Å². The topological polar surface area (TPSA) is 29.8 Å². The lowest BCUT2D eigenvalue weighted by Gasteiger charge is -2.06. The van der Waals surface area contributed by atoms with Gasteiger partial charge in [0.15, 0.2) is 0 Å². The number of furan rings is 1. The van der Waals surface area contributed by atoms with Gasteiger partial charge in [0.25, 0.3) is 0 Å². The van der Waals surface area contributed by atoms with Gasteiger partial charge in [-0.05, 0) is 30.7 Å². The molecular weight excluding hydrogens is 174 g/mol. The first-order chi connectivity index (χ1) is 6.79. The summed E-state index contributed by atoms with van der Waals surface area (Å²) in [6.45, 7) is 2.24. The van der Waals surface area contributed by atoms with Gasteiger partial charge in [-0.15, -0.1) is 0 Å². The minimum absolute atomic E-state index is 0.638. The van der Waals surface area contributed by atoms with Gasteiger partial charge in [0.2, 0.25) is 0 Å². The van der Waals surface area contributed by atoms with Crippen molar-refractivity contribution in [3.8, 4) is 0 Å². The van der Waals surface area contributed by atoms with E-state index in [-0.39, 0.29) is 0 Å². The molecule has 2 N–H and O–H groups in total. The number of hydrogen-bond acceptors (Lipinski definition) is 1. The maximum Gasteiger partial charge on any atom is 0.133 e. The SMILES string of the molecule is C[NH2+]C(C)Cc1ccc2occc2c1. The van der Waals surface area contributed by atoms with E-state index >= 15 is 0 Å². The number of quaternary nitrogens is 1. The second-order valence-corrected chi connectivity index (χ2v) is 3.81. The fourth-order valence-electron chi connectivity index (χ4n) is 1.63. The van der Waals surface area contributed by atoms with Crippen molar-refractivity contribution in [1.29, 1.82) is 0 Å². The van der Waals surface area contributed by atoms with Crippen molar-refractivity contribution in [2.45, 2.75) is 19.4 Å². The molecule has 0 saturated carbocycles. The first-order valence-corrected chi connectivity index (χ1v) is 5.05. The van der Waals surface area contributed by atoms with E-state index in [1.807, 2.05) is 12.1 Å². The number of benzene rings is 1. The lowest BCUT2D eigenvalue weighted by molar-refractivity contribution is -0.659. The molecule has 2 heteroatoms. The van der Waals surface area contributed by atoms with Crippen LogP contribution in [0.25, 0.3) is 11.0 Å². The van der Waals surface area contributed by atoms with Gasteiger partial charge in [-0.1, -0.05) is 6.07 Å². The minimum Gasteiger partial charge on any atom is -0.464 e. The molecule has 2 nitrogen and oxygen atoms in total. The molecule has 0 saturated heterocycles. The smallest absolute Gasteiger partial charge is 0.133 e. The Morgan fingerprint density at radius 3 is 3.00 bits per heavy atom. The van der Waals surface area contributed by atoms with Gasteiger partial charge in [-0.2, -0.15) is 0 Å². The average Bonchev–Trinajstić information content (AvgIpc) is 2.64. The van der Waals surface area contributed by atoms with E-state index in [1.54, 1.807) is 6.26 Å². The monoisotopic (exact) mass is 190 g/mol. The fourth-order valence-corrected chi connectivity index (χ4v) is 1.63. The third kappa shape index (κ3) is 1.80. The van der Waals surface area contributed by atoms with Gasteiger partial charge >= 0.3 is 0 Å². The highest BCUT2D eigenvalue weighted by Gasteiger charge is 2.04. The van der Waals surface area contributed by atoms with Gasteiger partial charge in [-0.25, -0.2) is 0 Å². The molecule has 2 aromatic rings. The number of nitrogens with two attached hydrogens (primary N) is 1. The summed E-state index contributed by atoms with van der Waals surface area (Å²) in [5.41, 5.74) is 2.35. The zero-order chi connectivity index (χ0) is 9.97. The van der Waals surface area contributed by atoms with E-state index in [9.17, 15) is 0 Å². The molecule has 0 bridgehead atoms. The third-order valence-corrected chi connectivity index (χ3v) is 2.64. The number of fused-ring (bicyclic) bond motifs is 1. The van der Waals surface area contributed by atoms with E-state index in [4.69, 9.17) is 4.42 Å². The van der Waals surface area contributed by atoms with E-state index in [0.717, 1.165) is 12.0 Å². The Balaban J connectivity index is 2.25. The summed E-state index contributed by atoms with van der Waals surface area (Å²) < 4.78 is 5.30. The molecule has 0 amide bonds. The quantitative estimate of drug-likeness (QED) is 0.782. The van der Waals surface area contributed by atoms with Crippen LogP contribution in [0.2, 0.25) is 0 Å². The van der Waals surface area contributed by atoms with Crippen LogP contribution in [-0.2, 0) is 6.42 Å². The van der Waals surface area contributed by atoms with Crippen molar-refractivity contribution >= 4 is 11.0 Å². The van der Waals surface area contributed by atoms with Gasteiger partial charge in [-0.3, -0.25) is 0 Å². The zero-order valence-electron chi connectivity index (χ0n) is 8.66. The van der Waals surface area contributed by atoms with E-state index < -0.39 is 0 Å². The van der Waals surface area contributed by atoms with Gasteiger partial charge in [0.05, 0.1) is 19.4 Å². The molecule has 0 aliphatic rings. The predicted molar refractivity (Wildman–Crippen MR) is 57.2 cm³/mol. The Labute approximate surface area is 83.9 Å². The molecule has 0 radical (unpaired) electrons. The first-order valence-electron chi connectivity index (χ1n) is 5.05. The summed E-state index contributed by atoms with van der Waals surface area (Å²) in [5.74, 6) is 0. The Morgan fingerprint density at radius 1 is 1.36 bits per heavy atom. The van der Waals surface area contributed by atoms with Crippen LogP contribution < -0.4 is 5.32 Å². The molecule has 1 aromatic heterocycles. The highest BCUT2D eigenvalue weighted by Crippen LogP contribution is 2.17. The summed E-state index contributed by atoms with van der Waals surface area (Å²) in [6.07, 6.45) is 2.85. The number of hydrogen-bond donors (Lipinski definition) is 1. The second-order valence-electron chi connectivity index (χ2n) is 3.81. The largest absolute Gasteiger partial charge is 0.464 e. The summed E-state index contributed by atoms with van der Waals surface area (Å²) in [6, 6.07) is 9.05. The highest BCUT2D eigenvalue weighted by atomic mass is 16.3. The summed E-state index contributed by atoms with van der Waals surface area (Å²) >= 11 is 0. The van der Waals surface area contributed by atoms with Gasteiger partial charge < -0.3 is 9.73 Å². The van der Waals surface area contributed by atoms with Crippen LogP contribution in [0.3, 0.4) is 0 Å².